The van der Waals surface area contributed by atoms with Crippen LogP contribution in [0.5, 0.6) is 0 Å². The van der Waals surface area contributed by atoms with Gasteiger partial charge >= 0.3 is 0 Å². The lowest BCUT2D eigenvalue weighted by Gasteiger charge is -2.06. The number of rotatable bonds is 3. The fourth-order valence-corrected chi connectivity index (χ4v) is 2.88. The van der Waals surface area contributed by atoms with Crippen LogP contribution in [0.4, 0.5) is 0 Å². The molecule has 0 bridgehead atoms. The van der Waals surface area contributed by atoms with Gasteiger partial charge in [0.25, 0.3) is 0 Å². The average molecular weight is 266 g/mol. The molecule has 1 nitrogen and oxygen atoms in total. The maximum absolute atomic E-state index is 6.15. The molecule has 3 heteroatoms. The molecule has 0 saturated heterocycles. The van der Waals surface area contributed by atoms with E-state index in [1.54, 1.807) is 0 Å². The Labute approximate surface area is 111 Å². The van der Waals surface area contributed by atoms with E-state index in [-0.39, 0.29) is 0 Å². The minimum absolute atomic E-state index is 0.398. The predicted octanol–water partition coefficient (Wildman–Crippen LogP) is 4.66. The zero-order valence-electron chi connectivity index (χ0n) is 10.3. The Hall–Kier alpha value is -0.830. The lowest BCUT2D eigenvalue weighted by atomic mass is 10.1. The normalized spacial score (nSPS) is 12.7. The van der Waals surface area contributed by atoms with Crippen LogP contribution in [0.15, 0.2) is 30.3 Å². The summed E-state index contributed by atoms with van der Waals surface area (Å²) in [6.45, 7) is 4.19. The topological polar surface area (TPSA) is 12.0 Å². The summed E-state index contributed by atoms with van der Waals surface area (Å²) in [6, 6.07) is 11.0. The molecule has 1 atom stereocenters. The van der Waals surface area contributed by atoms with Crippen molar-refractivity contribution in [3.05, 3.63) is 45.8 Å². The van der Waals surface area contributed by atoms with Crippen molar-refractivity contribution in [1.82, 2.24) is 5.32 Å². The number of benzene rings is 1. The number of hydrogen-bond donors (Lipinski definition) is 1. The van der Waals surface area contributed by atoms with Crippen LogP contribution in [0, 0.1) is 6.92 Å². The molecule has 1 N–H and O–H groups in total. The highest BCUT2D eigenvalue weighted by Crippen LogP contribution is 2.33. The van der Waals surface area contributed by atoms with Crippen molar-refractivity contribution in [1.29, 1.82) is 0 Å². The van der Waals surface area contributed by atoms with Crippen LogP contribution >= 0.6 is 22.9 Å². The van der Waals surface area contributed by atoms with Crippen LogP contribution in [-0.4, -0.2) is 7.05 Å². The molecule has 0 fully saturated rings. The monoisotopic (exact) mass is 265 g/mol. The van der Waals surface area contributed by atoms with Crippen molar-refractivity contribution in [2.45, 2.75) is 19.9 Å². The minimum atomic E-state index is 0.398. The first-order valence-corrected chi connectivity index (χ1v) is 6.85. The Bertz CT molecular complexity index is 519. The van der Waals surface area contributed by atoms with E-state index < -0.39 is 0 Å². The van der Waals surface area contributed by atoms with Crippen LogP contribution in [0.2, 0.25) is 5.02 Å². The Morgan fingerprint density at radius 1 is 1.24 bits per heavy atom. The van der Waals surface area contributed by atoms with Crippen molar-refractivity contribution in [2.75, 3.05) is 7.05 Å². The summed E-state index contributed by atoms with van der Waals surface area (Å²) in [7, 11) is 1.98. The van der Waals surface area contributed by atoms with Gasteiger partial charge in [0.2, 0.25) is 0 Å². The van der Waals surface area contributed by atoms with E-state index in [2.05, 4.69) is 36.5 Å². The molecule has 2 aromatic rings. The van der Waals surface area contributed by atoms with Gasteiger partial charge in [-0.3, -0.25) is 0 Å². The second-order valence-corrected chi connectivity index (χ2v) is 5.70. The largest absolute Gasteiger partial charge is 0.313 e. The number of halogens is 1. The molecule has 2 rings (SSSR count). The maximum Gasteiger partial charge on any atom is 0.0441 e. The standard InChI is InChI=1S/C14H16ClNS/c1-9-4-5-11(8-12(9)15)14-7-6-13(17-14)10(2)16-3/h4-8,10,16H,1-3H3. The molecular formula is C14H16ClNS. The summed E-state index contributed by atoms with van der Waals surface area (Å²) in [5.41, 5.74) is 2.32. The molecular weight excluding hydrogens is 250 g/mol. The zero-order chi connectivity index (χ0) is 12.4. The first-order valence-electron chi connectivity index (χ1n) is 5.65. The molecule has 90 valence electrons. The molecule has 17 heavy (non-hydrogen) atoms. The highest BCUT2D eigenvalue weighted by Gasteiger charge is 2.08. The van der Waals surface area contributed by atoms with Gasteiger partial charge in [0.1, 0.15) is 0 Å². The van der Waals surface area contributed by atoms with Gasteiger partial charge in [0, 0.05) is 20.8 Å². The number of nitrogens with one attached hydrogen (secondary N) is 1. The van der Waals surface area contributed by atoms with Gasteiger partial charge in [-0.2, -0.15) is 0 Å². The molecule has 0 aliphatic carbocycles. The van der Waals surface area contributed by atoms with E-state index in [1.165, 1.54) is 15.3 Å². The molecule has 0 amide bonds. The van der Waals surface area contributed by atoms with Gasteiger partial charge in [0.05, 0.1) is 0 Å². The van der Waals surface area contributed by atoms with Crippen molar-refractivity contribution >= 4 is 22.9 Å². The highest BCUT2D eigenvalue weighted by atomic mass is 35.5. The van der Waals surface area contributed by atoms with Gasteiger partial charge < -0.3 is 5.32 Å². The van der Waals surface area contributed by atoms with E-state index in [1.807, 2.05) is 31.4 Å². The Kier molecular flexibility index (Phi) is 3.87. The quantitative estimate of drug-likeness (QED) is 0.851. The highest BCUT2D eigenvalue weighted by molar-refractivity contribution is 7.15. The fourth-order valence-electron chi connectivity index (χ4n) is 1.63. The molecule has 1 heterocycles. The van der Waals surface area contributed by atoms with Crippen LogP contribution in [0.3, 0.4) is 0 Å². The zero-order valence-corrected chi connectivity index (χ0v) is 11.8. The molecule has 0 aliphatic heterocycles. The van der Waals surface area contributed by atoms with E-state index in [4.69, 9.17) is 11.6 Å². The van der Waals surface area contributed by atoms with Crippen LogP contribution < -0.4 is 5.32 Å². The third-order valence-electron chi connectivity index (χ3n) is 2.94. The fraction of sp³-hybridized carbons (Fsp3) is 0.286. The molecule has 0 aliphatic rings. The molecule has 0 saturated carbocycles. The van der Waals surface area contributed by atoms with Crippen molar-refractivity contribution in [2.24, 2.45) is 0 Å². The van der Waals surface area contributed by atoms with Gasteiger partial charge in [0.15, 0.2) is 0 Å². The lowest BCUT2D eigenvalue weighted by molar-refractivity contribution is 0.664. The maximum atomic E-state index is 6.15. The Balaban J connectivity index is 2.33. The number of aryl methyl sites for hydroxylation is 1. The van der Waals surface area contributed by atoms with Crippen LogP contribution in [0.25, 0.3) is 10.4 Å². The van der Waals surface area contributed by atoms with E-state index in [0.717, 1.165) is 10.6 Å². The first kappa shape index (κ1) is 12.6. The summed E-state index contributed by atoms with van der Waals surface area (Å²) in [4.78, 5) is 2.61. The van der Waals surface area contributed by atoms with E-state index >= 15 is 0 Å². The second-order valence-electron chi connectivity index (χ2n) is 4.18. The van der Waals surface area contributed by atoms with E-state index in [9.17, 15) is 0 Å². The number of thiophene rings is 1. The predicted molar refractivity (Wildman–Crippen MR) is 77.0 cm³/mol. The van der Waals surface area contributed by atoms with Crippen molar-refractivity contribution in [3.63, 3.8) is 0 Å². The van der Waals surface area contributed by atoms with Crippen molar-refractivity contribution in [3.8, 4) is 10.4 Å². The SMILES string of the molecule is CNC(C)c1ccc(-c2ccc(C)c(Cl)c2)s1. The van der Waals surface area contributed by atoms with Crippen LogP contribution in [0.1, 0.15) is 23.4 Å². The Morgan fingerprint density at radius 3 is 2.65 bits per heavy atom. The van der Waals surface area contributed by atoms with Crippen molar-refractivity contribution < 1.29 is 0 Å². The third kappa shape index (κ3) is 2.71. The Morgan fingerprint density at radius 2 is 2.00 bits per heavy atom. The van der Waals surface area contributed by atoms with Gasteiger partial charge in [-0.15, -0.1) is 11.3 Å². The minimum Gasteiger partial charge on any atom is -0.313 e. The summed E-state index contributed by atoms with van der Waals surface area (Å²) < 4.78 is 0. The van der Waals surface area contributed by atoms with Gasteiger partial charge in [-0.25, -0.2) is 0 Å². The lowest BCUT2D eigenvalue weighted by Crippen LogP contribution is -2.10. The molecule has 1 aromatic heterocycles. The van der Waals surface area contributed by atoms with Gasteiger partial charge in [-0.1, -0.05) is 23.7 Å². The summed E-state index contributed by atoms with van der Waals surface area (Å²) >= 11 is 7.96. The smallest absolute Gasteiger partial charge is 0.0441 e. The number of hydrogen-bond acceptors (Lipinski definition) is 2. The van der Waals surface area contributed by atoms with Gasteiger partial charge in [-0.05, 0) is 50.2 Å². The second kappa shape index (κ2) is 5.21. The summed E-state index contributed by atoms with van der Waals surface area (Å²) in [5, 5.41) is 4.08. The van der Waals surface area contributed by atoms with E-state index in [0.29, 0.717) is 6.04 Å². The average Bonchev–Trinajstić information content (AvgIpc) is 2.81. The first-order chi connectivity index (χ1) is 8.11. The van der Waals surface area contributed by atoms with Crippen LogP contribution in [-0.2, 0) is 0 Å². The molecule has 0 spiro atoms. The summed E-state index contributed by atoms with van der Waals surface area (Å²) in [5.74, 6) is 0. The molecule has 0 radical (unpaired) electrons. The molecule has 1 aromatic carbocycles. The summed E-state index contributed by atoms with van der Waals surface area (Å²) in [6.07, 6.45) is 0. The molecule has 1 unspecified atom stereocenters. The third-order valence-corrected chi connectivity index (χ3v) is 4.67.